The normalized spacial score (nSPS) is 17.2. The lowest BCUT2D eigenvalue weighted by molar-refractivity contribution is 0.102. The number of rotatable bonds is 2. The minimum absolute atomic E-state index is 0.201. The fraction of sp³-hybridized carbons (Fsp3) is 0.421. The van der Waals surface area contributed by atoms with Crippen LogP contribution in [-0.2, 0) is 12.8 Å². The van der Waals surface area contributed by atoms with Crippen molar-refractivity contribution < 1.29 is 4.79 Å². The average Bonchev–Trinajstić information content (AvgIpc) is 2.84. The van der Waals surface area contributed by atoms with E-state index in [0.717, 1.165) is 24.8 Å². The second-order valence-corrected chi connectivity index (χ2v) is 9.61. The summed E-state index contributed by atoms with van der Waals surface area (Å²) in [5.41, 5.74) is 8.71. The highest BCUT2D eigenvalue weighted by molar-refractivity contribution is 7.16. The summed E-state index contributed by atoms with van der Waals surface area (Å²) in [4.78, 5) is 14.1. The minimum atomic E-state index is -0.201. The molecule has 0 spiro atoms. The first-order valence-corrected chi connectivity index (χ1v) is 9.90. The molecular weight excluding hydrogens is 375 g/mol. The van der Waals surface area contributed by atoms with Crippen LogP contribution in [0.4, 0.5) is 10.7 Å². The Labute approximate surface area is 162 Å². The number of fused-ring (bicyclic) bond motifs is 1. The molecule has 3 N–H and O–H groups in total. The summed E-state index contributed by atoms with van der Waals surface area (Å²) in [5.74, 6) is 0.410. The smallest absolute Gasteiger partial charge is 0.258 e. The van der Waals surface area contributed by atoms with E-state index in [-0.39, 0.29) is 11.3 Å². The second kappa shape index (κ2) is 6.82. The largest absolute Gasteiger partial charge is 0.390 e. The molecule has 1 atom stereocenters. The molecule has 1 heterocycles. The molecule has 25 heavy (non-hydrogen) atoms. The highest BCUT2D eigenvalue weighted by Gasteiger charge is 2.33. The van der Waals surface area contributed by atoms with Crippen molar-refractivity contribution in [2.75, 3.05) is 11.1 Å². The van der Waals surface area contributed by atoms with Gasteiger partial charge in [-0.25, -0.2) is 0 Å². The predicted octanol–water partition coefficient (Wildman–Crippen LogP) is 6.04. The van der Waals surface area contributed by atoms with Crippen molar-refractivity contribution in [3.05, 3.63) is 44.2 Å². The van der Waals surface area contributed by atoms with Crippen LogP contribution in [0.15, 0.2) is 18.2 Å². The number of nitrogen functional groups attached to an aromatic ring is 1. The van der Waals surface area contributed by atoms with Gasteiger partial charge >= 0.3 is 0 Å². The molecule has 0 bridgehead atoms. The number of hydrogen-bond acceptors (Lipinski definition) is 3. The van der Waals surface area contributed by atoms with E-state index in [9.17, 15) is 4.79 Å². The van der Waals surface area contributed by atoms with E-state index in [1.807, 2.05) is 0 Å². The molecule has 1 aliphatic rings. The average molecular weight is 397 g/mol. The number of nitrogens with one attached hydrogen (secondary N) is 1. The fourth-order valence-electron chi connectivity index (χ4n) is 3.37. The lowest BCUT2D eigenvalue weighted by atomic mass is 9.72. The Bertz CT molecular complexity index is 824. The Hall–Kier alpha value is -1.23. The highest BCUT2D eigenvalue weighted by atomic mass is 35.5. The highest BCUT2D eigenvalue weighted by Crippen LogP contribution is 2.43. The molecule has 1 aliphatic carbocycles. The Balaban J connectivity index is 1.86. The molecular formula is C19H22Cl2N2OS. The SMILES string of the molecule is CC(C)(C)[C@@H]1CCc2c(sc(N)c2C(=O)Nc2ccc(Cl)cc2Cl)C1. The quantitative estimate of drug-likeness (QED) is 0.649. The molecule has 2 aromatic rings. The molecule has 0 radical (unpaired) electrons. The van der Waals surface area contributed by atoms with E-state index in [2.05, 4.69) is 26.1 Å². The van der Waals surface area contributed by atoms with Crippen molar-refractivity contribution in [1.29, 1.82) is 0 Å². The maximum Gasteiger partial charge on any atom is 0.258 e. The zero-order valence-corrected chi connectivity index (χ0v) is 16.9. The third-order valence-electron chi connectivity index (χ3n) is 4.92. The predicted molar refractivity (Wildman–Crippen MR) is 108 cm³/mol. The number of carbonyl (C=O) groups excluding carboxylic acids is 1. The molecule has 1 aromatic heterocycles. The van der Waals surface area contributed by atoms with Gasteiger partial charge in [-0.15, -0.1) is 11.3 Å². The van der Waals surface area contributed by atoms with E-state index in [4.69, 9.17) is 28.9 Å². The van der Waals surface area contributed by atoms with Crippen molar-refractivity contribution in [1.82, 2.24) is 0 Å². The van der Waals surface area contributed by atoms with E-state index in [1.54, 1.807) is 29.5 Å². The Morgan fingerprint density at radius 1 is 1.32 bits per heavy atom. The van der Waals surface area contributed by atoms with E-state index < -0.39 is 0 Å². The van der Waals surface area contributed by atoms with Gasteiger partial charge in [0.05, 0.1) is 21.3 Å². The number of carbonyl (C=O) groups is 1. The van der Waals surface area contributed by atoms with Crippen molar-refractivity contribution >= 4 is 51.1 Å². The van der Waals surface area contributed by atoms with Gasteiger partial charge in [0.25, 0.3) is 5.91 Å². The molecule has 0 saturated carbocycles. The van der Waals surface area contributed by atoms with Gasteiger partial charge in [0.2, 0.25) is 0 Å². The molecule has 1 amide bonds. The first-order chi connectivity index (χ1) is 11.7. The zero-order valence-electron chi connectivity index (χ0n) is 14.6. The number of benzene rings is 1. The van der Waals surface area contributed by atoms with Crippen LogP contribution in [0, 0.1) is 11.3 Å². The number of halogens is 2. The van der Waals surface area contributed by atoms with Crippen molar-refractivity contribution in [3.8, 4) is 0 Å². The number of hydrogen-bond donors (Lipinski definition) is 2. The van der Waals surface area contributed by atoms with Crippen LogP contribution >= 0.6 is 34.5 Å². The van der Waals surface area contributed by atoms with Crippen molar-refractivity contribution in [2.24, 2.45) is 11.3 Å². The van der Waals surface area contributed by atoms with Crippen LogP contribution in [-0.4, -0.2) is 5.91 Å². The molecule has 0 aliphatic heterocycles. The van der Waals surface area contributed by atoms with E-state index >= 15 is 0 Å². The number of anilines is 2. The standard InChI is InChI=1S/C19H22Cl2N2OS/c1-19(2,3)10-4-6-12-15(8-10)25-17(22)16(12)18(24)23-14-7-5-11(20)9-13(14)21/h5,7,9-10H,4,6,8,22H2,1-3H3,(H,23,24)/t10-/m1/s1. The molecule has 3 nitrogen and oxygen atoms in total. The number of thiophene rings is 1. The Morgan fingerprint density at radius 3 is 2.68 bits per heavy atom. The third-order valence-corrected chi connectivity index (χ3v) is 6.55. The third kappa shape index (κ3) is 3.81. The summed E-state index contributed by atoms with van der Waals surface area (Å²) in [6.45, 7) is 6.82. The van der Waals surface area contributed by atoms with Gasteiger partial charge in [-0.3, -0.25) is 4.79 Å². The number of nitrogens with two attached hydrogens (primary N) is 1. The number of amides is 1. The first-order valence-electron chi connectivity index (χ1n) is 8.33. The van der Waals surface area contributed by atoms with Crippen molar-refractivity contribution in [3.63, 3.8) is 0 Å². The second-order valence-electron chi connectivity index (χ2n) is 7.63. The first kappa shape index (κ1) is 18.6. The summed E-state index contributed by atoms with van der Waals surface area (Å²) >= 11 is 13.6. The van der Waals surface area contributed by atoms with E-state index in [0.29, 0.717) is 32.2 Å². The van der Waals surface area contributed by atoms with Gasteiger partial charge in [-0.05, 0) is 54.4 Å². The van der Waals surface area contributed by atoms with Crippen LogP contribution < -0.4 is 11.1 Å². The summed E-state index contributed by atoms with van der Waals surface area (Å²) in [6.07, 6.45) is 2.96. The minimum Gasteiger partial charge on any atom is -0.390 e. The van der Waals surface area contributed by atoms with Crippen LogP contribution in [0.3, 0.4) is 0 Å². The maximum atomic E-state index is 12.8. The topological polar surface area (TPSA) is 55.1 Å². The fourth-order valence-corrected chi connectivity index (χ4v) is 5.02. The molecule has 134 valence electrons. The van der Waals surface area contributed by atoms with Gasteiger partial charge in [-0.1, -0.05) is 44.0 Å². The molecule has 6 heteroatoms. The van der Waals surface area contributed by atoms with Crippen LogP contribution in [0.25, 0.3) is 0 Å². The zero-order chi connectivity index (χ0) is 18.4. The van der Waals surface area contributed by atoms with Gasteiger partial charge in [0.15, 0.2) is 0 Å². The lowest BCUT2D eigenvalue weighted by Crippen LogP contribution is -2.27. The summed E-state index contributed by atoms with van der Waals surface area (Å²) in [5, 5.41) is 4.40. The maximum absolute atomic E-state index is 12.8. The van der Waals surface area contributed by atoms with Gasteiger partial charge in [-0.2, -0.15) is 0 Å². The van der Waals surface area contributed by atoms with Crippen LogP contribution in [0.5, 0.6) is 0 Å². The molecule has 1 aromatic carbocycles. The van der Waals surface area contributed by atoms with E-state index in [1.165, 1.54) is 4.88 Å². The van der Waals surface area contributed by atoms with Gasteiger partial charge in [0.1, 0.15) is 0 Å². The summed E-state index contributed by atoms with van der Waals surface area (Å²) in [6, 6.07) is 5.01. The molecule has 0 saturated heterocycles. The Kier molecular flexibility index (Phi) is 5.06. The van der Waals surface area contributed by atoms with Crippen LogP contribution in [0.2, 0.25) is 10.0 Å². The van der Waals surface area contributed by atoms with Gasteiger partial charge in [0, 0.05) is 9.90 Å². The summed E-state index contributed by atoms with van der Waals surface area (Å²) in [7, 11) is 0. The Morgan fingerprint density at radius 2 is 2.04 bits per heavy atom. The van der Waals surface area contributed by atoms with Gasteiger partial charge < -0.3 is 11.1 Å². The van der Waals surface area contributed by atoms with Crippen LogP contribution in [0.1, 0.15) is 48.0 Å². The molecule has 0 fully saturated rings. The summed E-state index contributed by atoms with van der Waals surface area (Å²) < 4.78 is 0. The molecule has 3 rings (SSSR count). The molecule has 0 unspecified atom stereocenters. The monoisotopic (exact) mass is 396 g/mol. The lowest BCUT2D eigenvalue weighted by Gasteiger charge is -2.33. The van der Waals surface area contributed by atoms with Crippen molar-refractivity contribution in [2.45, 2.75) is 40.0 Å².